The number of aromatic nitrogens is 2. The highest BCUT2D eigenvalue weighted by Crippen LogP contribution is 2.23. The van der Waals surface area contributed by atoms with Crippen molar-refractivity contribution in [3.63, 3.8) is 0 Å². The summed E-state index contributed by atoms with van der Waals surface area (Å²) in [6.45, 7) is 1.69. The van der Waals surface area contributed by atoms with Crippen LogP contribution in [0.15, 0.2) is 47.5 Å². The minimum Gasteiger partial charge on any atom is -0.310 e. The van der Waals surface area contributed by atoms with Gasteiger partial charge in [0.25, 0.3) is 5.91 Å². The maximum atomic E-state index is 13.9. The molecule has 0 spiro atoms. The molecule has 0 atom stereocenters. The SMILES string of the molecule is Cc1ccc(-c2cc(CC(=NC3CCC3)NC(=O)c3ccc(F)c(F)c3)[nH]n2)cc1F. The summed E-state index contributed by atoms with van der Waals surface area (Å²) in [5.74, 6) is -2.58. The molecule has 1 heterocycles. The minimum absolute atomic E-state index is 0.000592. The van der Waals surface area contributed by atoms with E-state index in [0.717, 1.165) is 31.4 Å². The number of aromatic amines is 1. The fraction of sp³-hybridized carbons (Fsp3) is 0.261. The third kappa shape index (κ3) is 4.84. The lowest BCUT2D eigenvalue weighted by Gasteiger charge is -2.22. The largest absolute Gasteiger partial charge is 0.310 e. The second-order valence-electron chi connectivity index (χ2n) is 7.66. The van der Waals surface area contributed by atoms with E-state index in [1.165, 1.54) is 12.1 Å². The lowest BCUT2D eigenvalue weighted by molar-refractivity contribution is 0.0975. The molecule has 5 nitrogen and oxygen atoms in total. The number of amidine groups is 1. The van der Waals surface area contributed by atoms with E-state index in [9.17, 15) is 18.0 Å². The van der Waals surface area contributed by atoms with E-state index >= 15 is 0 Å². The number of halogens is 3. The Bertz CT molecular complexity index is 1150. The van der Waals surface area contributed by atoms with E-state index < -0.39 is 17.5 Å². The second kappa shape index (κ2) is 8.75. The highest BCUT2D eigenvalue weighted by atomic mass is 19.2. The van der Waals surface area contributed by atoms with Crippen LogP contribution in [0.3, 0.4) is 0 Å². The van der Waals surface area contributed by atoms with Crippen molar-refractivity contribution in [1.29, 1.82) is 0 Å². The van der Waals surface area contributed by atoms with Gasteiger partial charge in [0, 0.05) is 23.2 Å². The fourth-order valence-electron chi connectivity index (χ4n) is 3.23. The zero-order valence-corrected chi connectivity index (χ0v) is 16.9. The Balaban J connectivity index is 1.53. The van der Waals surface area contributed by atoms with Crippen molar-refractivity contribution in [2.75, 3.05) is 0 Å². The van der Waals surface area contributed by atoms with Gasteiger partial charge in [-0.05, 0) is 62.1 Å². The topological polar surface area (TPSA) is 70.1 Å². The predicted molar refractivity (Wildman–Crippen MR) is 111 cm³/mol. The summed E-state index contributed by atoms with van der Waals surface area (Å²) in [4.78, 5) is 17.1. The summed E-state index contributed by atoms with van der Waals surface area (Å²) in [5, 5.41) is 9.83. The molecule has 1 aromatic heterocycles. The number of nitrogens with one attached hydrogen (secondary N) is 2. The first-order valence-electron chi connectivity index (χ1n) is 10.0. The molecular formula is C23H21F3N4O. The zero-order chi connectivity index (χ0) is 22.0. The number of carbonyl (C=O) groups is 1. The Kier molecular flexibility index (Phi) is 5.88. The van der Waals surface area contributed by atoms with Crippen molar-refractivity contribution in [2.45, 2.75) is 38.6 Å². The number of carbonyl (C=O) groups excluding carboxylic acids is 1. The van der Waals surface area contributed by atoms with Crippen molar-refractivity contribution in [3.8, 4) is 11.3 Å². The normalized spacial score (nSPS) is 14.4. The molecule has 1 amide bonds. The van der Waals surface area contributed by atoms with Crippen molar-refractivity contribution in [1.82, 2.24) is 15.5 Å². The Labute approximate surface area is 177 Å². The fourth-order valence-corrected chi connectivity index (χ4v) is 3.23. The molecule has 4 rings (SSSR count). The summed E-state index contributed by atoms with van der Waals surface area (Å²) < 4.78 is 40.5. The maximum absolute atomic E-state index is 13.9. The molecule has 0 saturated heterocycles. The lowest BCUT2D eigenvalue weighted by Crippen LogP contribution is -2.34. The van der Waals surface area contributed by atoms with Crippen LogP contribution in [-0.2, 0) is 6.42 Å². The third-order valence-electron chi connectivity index (χ3n) is 5.31. The zero-order valence-electron chi connectivity index (χ0n) is 16.9. The van der Waals surface area contributed by atoms with Gasteiger partial charge < -0.3 is 5.32 Å². The van der Waals surface area contributed by atoms with Crippen molar-refractivity contribution in [2.24, 2.45) is 4.99 Å². The molecule has 1 aliphatic carbocycles. The molecule has 0 bridgehead atoms. The quantitative estimate of drug-likeness (QED) is 0.458. The van der Waals surface area contributed by atoms with Crippen LogP contribution in [0.25, 0.3) is 11.3 Å². The number of benzene rings is 2. The number of rotatable bonds is 5. The number of hydrogen-bond donors (Lipinski definition) is 2. The average Bonchev–Trinajstić information content (AvgIpc) is 3.17. The van der Waals surface area contributed by atoms with Crippen molar-refractivity contribution in [3.05, 3.63) is 76.7 Å². The van der Waals surface area contributed by atoms with Crippen LogP contribution in [-0.4, -0.2) is 28.0 Å². The van der Waals surface area contributed by atoms with Gasteiger partial charge in [0.1, 0.15) is 11.7 Å². The number of aliphatic imine (C=N–C) groups is 1. The van der Waals surface area contributed by atoms with Crippen LogP contribution >= 0.6 is 0 Å². The maximum Gasteiger partial charge on any atom is 0.256 e. The molecule has 1 saturated carbocycles. The van der Waals surface area contributed by atoms with Crippen LogP contribution in [0.4, 0.5) is 13.2 Å². The summed E-state index contributed by atoms with van der Waals surface area (Å²) >= 11 is 0. The highest BCUT2D eigenvalue weighted by molar-refractivity contribution is 6.06. The number of hydrogen-bond acceptors (Lipinski definition) is 3. The Morgan fingerprint density at radius 2 is 1.90 bits per heavy atom. The van der Waals surface area contributed by atoms with E-state index in [1.54, 1.807) is 25.1 Å². The molecule has 0 radical (unpaired) electrons. The van der Waals surface area contributed by atoms with E-state index in [-0.39, 0.29) is 23.8 Å². The van der Waals surface area contributed by atoms with E-state index in [0.29, 0.717) is 28.4 Å². The van der Waals surface area contributed by atoms with E-state index in [4.69, 9.17) is 0 Å². The van der Waals surface area contributed by atoms with Crippen LogP contribution in [0, 0.1) is 24.4 Å². The van der Waals surface area contributed by atoms with Crippen LogP contribution in [0.5, 0.6) is 0 Å². The Morgan fingerprint density at radius 3 is 2.58 bits per heavy atom. The third-order valence-corrected chi connectivity index (χ3v) is 5.31. The first-order valence-corrected chi connectivity index (χ1v) is 10.0. The molecule has 1 fully saturated rings. The summed E-state index contributed by atoms with van der Waals surface area (Å²) in [5.41, 5.74) is 2.44. The molecular weight excluding hydrogens is 405 g/mol. The standard InChI is InChI=1S/C23H21F3N4O/c1-13-5-6-14(9-19(13)25)21-11-17(29-30-21)12-22(27-16-3-2-4-16)28-23(31)15-7-8-18(24)20(26)10-15/h5-11,16H,2-4,12H2,1H3,(H,29,30)(H,27,28,31). The summed E-state index contributed by atoms with van der Waals surface area (Å²) in [6.07, 6.45) is 3.20. The van der Waals surface area contributed by atoms with E-state index in [1.807, 2.05) is 0 Å². The average molecular weight is 426 g/mol. The van der Waals surface area contributed by atoms with Crippen molar-refractivity contribution < 1.29 is 18.0 Å². The van der Waals surface area contributed by atoms with Crippen LogP contribution < -0.4 is 5.32 Å². The van der Waals surface area contributed by atoms with Gasteiger partial charge in [0.05, 0.1) is 11.7 Å². The van der Waals surface area contributed by atoms with Gasteiger partial charge in [-0.15, -0.1) is 0 Å². The monoisotopic (exact) mass is 426 g/mol. The molecule has 0 unspecified atom stereocenters. The lowest BCUT2D eigenvalue weighted by atomic mass is 9.94. The van der Waals surface area contributed by atoms with Gasteiger partial charge in [-0.1, -0.05) is 12.1 Å². The summed E-state index contributed by atoms with van der Waals surface area (Å²) in [6, 6.07) is 9.76. The molecule has 0 aliphatic heterocycles. The smallest absolute Gasteiger partial charge is 0.256 e. The molecule has 160 valence electrons. The molecule has 2 N–H and O–H groups in total. The molecule has 8 heteroatoms. The number of nitrogens with zero attached hydrogens (tertiary/aromatic N) is 2. The van der Waals surface area contributed by atoms with Crippen molar-refractivity contribution >= 4 is 11.7 Å². The number of H-pyrrole nitrogens is 1. The minimum atomic E-state index is -1.09. The Morgan fingerprint density at radius 1 is 1.10 bits per heavy atom. The van der Waals surface area contributed by atoms with Gasteiger partial charge in [-0.2, -0.15) is 5.10 Å². The molecule has 2 aromatic carbocycles. The van der Waals surface area contributed by atoms with Gasteiger partial charge in [-0.25, -0.2) is 13.2 Å². The van der Waals surface area contributed by atoms with Gasteiger partial charge >= 0.3 is 0 Å². The van der Waals surface area contributed by atoms with Gasteiger partial charge in [0.15, 0.2) is 11.6 Å². The van der Waals surface area contributed by atoms with E-state index in [2.05, 4.69) is 20.5 Å². The summed E-state index contributed by atoms with van der Waals surface area (Å²) in [7, 11) is 0. The van der Waals surface area contributed by atoms with Gasteiger partial charge in [-0.3, -0.25) is 14.9 Å². The first-order chi connectivity index (χ1) is 14.9. The van der Waals surface area contributed by atoms with Crippen LogP contribution in [0.1, 0.15) is 40.9 Å². The molecule has 3 aromatic rings. The van der Waals surface area contributed by atoms with Gasteiger partial charge in [0.2, 0.25) is 0 Å². The Hall–Kier alpha value is -3.42. The number of amides is 1. The molecule has 31 heavy (non-hydrogen) atoms. The predicted octanol–water partition coefficient (Wildman–Crippen LogP) is 4.73. The first kappa shape index (κ1) is 20.8. The van der Waals surface area contributed by atoms with Crippen LogP contribution in [0.2, 0.25) is 0 Å². The number of aryl methyl sites for hydroxylation is 1. The highest BCUT2D eigenvalue weighted by Gasteiger charge is 2.20. The second-order valence-corrected chi connectivity index (χ2v) is 7.66. The molecule has 1 aliphatic rings.